The Morgan fingerprint density at radius 2 is 2.36 bits per heavy atom. The van der Waals surface area contributed by atoms with Crippen LogP contribution in [0.1, 0.15) is 0 Å². The molecule has 0 bridgehead atoms. The normalized spacial score (nSPS) is 27.8. The zero-order chi connectivity index (χ0) is 10.1. The maximum absolute atomic E-state index is 11.2. The fraction of sp³-hybridized carbons (Fsp3) is 0.400. The van der Waals surface area contributed by atoms with Crippen LogP contribution < -0.4 is 0 Å². The SMILES string of the molecule is COC(=O)COC1=CC2C=CC(=O)C12. The average Bonchev–Trinajstić information content (AvgIpc) is 2.41. The molecule has 0 radical (unpaired) electrons. The van der Waals surface area contributed by atoms with Crippen molar-refractivity contribution in [2.24, 2.45) is 11.8 Å². The smallest absolute Gasteiger partial charge is 0.343 e. The number of carbonyl (C=O) groups excluding carboxylic acids is 2. The van der Waals surface area contributed by atoms with Crippen molar-refractivity contribution in [1.29, 1.82) is 0 Å². The first-order valence-corrected chi connectivity index (χ1v) is 4.36. The lowest BCUT2D eigenvalue weighted by Gasteiger charge is -2.27. The first-order chi connectivity index (χ1) is 6.72. The van der Waals surface area contributed by atoms with E-state index in [1.807, 2.05) is 12.2 Å². The van der Waals surface area contributed by atoms with Gasteiger partial charge in [-0.05, 0) is 12.2 Å². The topological polar surface area (TPSA) is 52.6 Å². The van der Waals surface area contributed by atoms with Crippen LogP contribution in [0.5, 0.6) is 0 Å². The quantitative estimate of drug-likeness (QED) is 0.612. The van der Waals surface area contributed by atoms with Crippen molar-refractivity contribution in [3.8, 4) is 0 Å². The molecule has 0 spiro atoms. The molecule has 0 aromatic carbocycles. The lowest BCUT2D eigenvalue weighted by atomic mass is 9.82. The third-order valence-corrected chi connectivity index (χ3v) is 2.42. The molecule has 0 heterocycles. The minimum absolute atomic E-state index is 0.0531. The lowest BCUT2D eigenvalue weighted by Crippen LogP contribution is -2.28. The number of esters is 1. The van der Waals surface area contributed by atoms with Gasteiger partial charge in [-0.3, -0.25) is 4.79 Å². The number of methoxy groups -OCH3 is 1. The fourth-order valence-corrected chi connectivity index (χ4v) is 1.61. The van der Waals surface area contributed by atoms with Crippen LogP contribution in [0, 0.1) is 11.8 Å². The first kappa shape index (κ1) is 8.99. The molecule has 0 fully saturated rings. The molecule has 0 amide bonds. The second kappa shape index (κ2) is 3.29. The van der Waals surface area contributed by atoms with Crippen LogP contribution in [0.15, 0.2) is 24.0 Å². The molecule has 2 unspecified atom stereocenters. The summed E-state index contributed by atoms with van der Waals surface area (Å²) in [7, 11) is 1.30. The van der Waals surface area contributed by atoms with Gasteiger partial charge in [0.2, 0.25) is 0 Å². The minimum atomic E-state index is -0.437. The van der Waals surface area contributed by atoms with Gasteiger partial charge >= 0.3 is 5.97 Å². The Morgan fingerprint density at radius 1 is 1.57 bits per heavy atom. The van der Waals surface area contributed by atoms with Crippen LogP contribution in [0.2, 0.25) is 0 Å². The number of ether oxygens (including phenoxy) is 2. The van der Waals surface area contributed by atoms with Gasteiger partial charge in [-0.25, -0.2) is 4.79 Å². The van der Waals surface area contributed by atoms with Gasteiger partial charge in [-0.15, -0.1) is 0 Å². The van der Waals surface area contributed by atoms with Gasteiger partial charge in [0.15, 0.2) is 12.4 Å². The Labute approximate surface area is 81.2 Å². The summed E-state index contributed by atoms with van der Waals surface area (Å²) in [5, 5.41) is 0. The van der Waals surface area contributed by atoms with E-state index in [0.29, 0.717) is 5.76 Å². The number of hydrogen-bond donors (Lipinski definition) is 0. The van der Waals surface area contributed by atoms with E-state index in [9.17, 15) is 9.59 Å². The maximum Gasteiger partial charge on any atom is 0.343 e. The van der Waals surface area contributed by atoms with Crippen LogP contribution in [0.4, 0.5) is 0 Å². The van der Waals surface area contributed by atoms with E-state index in [-0.39, 0.29) is 24.2 Å². The van der Waals surface area contributed by atoms with Crippen LogP contribution in [0.3, 0.4) is 0 Å². The highest BCUT2D eigenvalue weighted by molar-refractivity contribution is 5.98. The maximum atomic E-state index is 11.2. The van der Waals surface area contributed by atoms with Crippen molar-refractivity contribution in [3.63, 3.8) is 0 Å². The summed E-state index contributed by atoms with van der Waals surface area (Å²) in [6, 6.07) is 0. The molecule has 0 aromatic heterocycles. The molecule has 2 rings (SSSR count). The zero-order valence-corrected chi connectivity index (χ0v) is 7.73. The van der Waals surface area contributed by atoms with Gasteiger partial charge in [0.1, 0.15) is 5.76 Å². The summed E-state index contributed by atoms with van der Waals surface area (Å²) in [5.41, 5.74) is 0. The highest BCUT2D eigenvalue weighted by Gasteiger charge is 2.41. The number of allylic oxidation sites excluding steroid dienone is 4. The van der Waals surface area contributed by atoms with Gasteiger partial charge in [-0.2, -0.15) is 0 Å². The van der Waals surface area contributed by atoms with Gasteiger partial charge in [0.05, 0.1) is 13.0 Å². The van der Waals surface area contributed by atoms with Crippen LogP contribution in [-0.2, 0) is 19.1 Å². The summed E-state index contributed by atoms with van der Waals surface area (Å²) in [6.45, 7) is -0.126. The van der Waals surface area contributed by atoms with Crippen molar-refractivity contribution in [3.05, 3.63) is 24.0 Å². The molecule has 2 aliphatic rings. The van der Waals surface area contributed by atoms with Gasteiger partial charge in [0.25, 0.3) is 0 Å². The Hall–Kier alpha value is -1.58. The van der Waals surface area contributed by atoms with E-state index >= 15 is 0 Å². The summed E-state index contributed by atoms with van der Waals surface area (Å²) >= 11 is 0. The molecular formula is C10H10O4. The molecule has 0 saturated carbocycles. The third-order valence-electron chi connectivity index (χ3n) is 2.42. The van der Waals surface area contributed by atoms with Gasteiger partial charge in [-0.1, -0.05) is 6.08 Å². The van der Waals surface area contributed by atoms with Gasteiger partial charge < -0.3 is 9.47 Å². The molecule has 4 heteroatoms. The second-order valence-corrected chi connectivity index (χ2v) is 3.25. The molecule has 0 saturated heterocycles. The van der Waals surface area contributed by atoms with Crippen molar-refractivity contribution < 1.29 is 19.1 Å². The standard InChI is InChI=1S/C10H10O4/c1-13-9(12)5-14-8-4-6-2-3-7(11)10(6)8/h2-4,6,10H,5H2,1H3. The molecular weight excluding hydrogens is 184 g/mol. The average molecular weight is 194 g/mol. The van der Waals surface area contributed by atoms with E-state index in [0.717, 1.165) is 0 Å². The predicted octanol–water partition coefficient (Wildman–Crippen LogP) is 0.445. The summed E-state index contributed by atoms with van der Waals surface area (Å²) in [4.78, 5) is 22.0. The van der Waals surface area contributed by atoms with E-state index in [1.165, 1.54) is 7.11 Å². The predicted molar refractivity (Wildman–Crippen MR) is 47.2 cm³/mol. The van der Waals surface area contributed by atoms with Gasteiger partial charge in [0, 0.05) is 5.92 Å². The van der Waals surface area contributed by atoms with Crippen LogP contribution in [-0.4, -0.2) is 25.5 Å². The Morgan fingerprint density at radius 3 is 3.00 bits per heavy atom. The first-order valence-electron chi connectivity index (χ1n) is 4.36. The van der Waals surface area contributed by atoms with E-state index in [4.69, 9.17) is 4.74 Å². The molecule has 2 atom stereocenters. The lowest BCUT2D eigenvalue weighted by molar-refractivity contribution is -0.145. The molecule has 14 heavy (non-hydrogen) atoms. The molecule has 2 aliphatic carbocycles. The number of ketones is 1. The zero-order valence-electron chi connectivity index (χ0n) is 7.73. The summed E-state index contributed by atoms with van der Waals surface area (Å²) in [6.07, 6.45) is 5.24. The van der Waals surface area contributed by atoms with Crippen molar-refractivity contribution in [2.45, 2.75) is 0 Å². The van der Waals surface area contributed by atoms with Crippen molar-refractivity contribution in [2.75, 3.05) is 13.7 Å². The fourth-order valence-electron chi connectivity index (χ4n) is 1.61. The molecule has 74 valence electrons. The Kier molecular flexibility index (Phi) is 2.11. The summed E-state index contributed by atoms with van der Waals surface area (Å²) < 4.78 is 9.56. The Bertz CT molecular complexity index is 340. The molecule has 0 aliphatic heterocycles. The minimum Gasteiger partial charge on any atom is -0.486 e. The number of fused-ring (bicyclic) bond motifs is 1. The van der Waals surface area contributed by atoms with Crippen LogP contribution >= 0.6 is 0 Å². The molecule has 0 aromatic rings. The molecule has 0 N–H and O–H groups in total. The second-order valence-electron chi connectivity index (χ2n) is 3.25. The Balaban J connectivity index is 1.88. The highest BCUT2D eigenvalue weighted by Crippen LogP contribution is 2.39. The number of carbonyl (C=O) groups is 2. The highest BCUT2D eigenvalue weighted by atomic mass is 16.6. The number of rotatable bonds is 3. The van der Waals surface area contributed by atoms with E-state index in [2.05, 4.69) is 4.74 Å². The monoisotopic (exact) mass is 194 g/mol. The summed E-state index contributed by atoms with van der Waals surface area (Å²) in [5.74, 6) is 0.204. The van der Waals surface area contributed by atoms with Crippen molar-refractivity contribution >= 4 is 11.8 Å². The number of hydrogen-bond acceptors (Lipinski definition) is 4. The van der Waals surface area contributed by atoms with Crippen LogP contribution in [0.25, 0.3) is 0 Å². The molecule has 4 nitrogen and oxygen atoms in total. The van der Waals surface area contributed by atoms with E-state index < -0.39 is 5.97 Å². The third kappa shape index (κ3) is 1.32. The van der Waals surface area contributed by atoms with Crippen molar-refractivity contribution in [1.82, 2.24) is 0 Å². The van der Waals surface area contributed by atoms with E-state index in [1.54, 1.807) is 6.08 Å². The largest absolute Gasteiger partial charge is 0.486 e.